The zero-order valence-electron chi connectivity index (χ0n) is 11.9. The Morgan fingerprint density at radius 2 is 1.05 bits per heavy atom. The molecule has 0 aromatic rings. The van der Waals surface area contributed by atoms with Crippen molar-refractivity contribution >= 4 is 25.5 Å². The molecule has 0 bridgehead atoms. The molecule has 0 rings (SSSR count). The van der Waals surface area contributed by atoms with Crippen molar-refractivity contribution in [3.05, 3.63) is 0 Å². The number of carboxylic acid groups (broad SMARTS) is 3. The fourth-order valence-electron chi connectivity index (χ4n) is 0.364. The van der Waals surface area contributed by atoms with Crippen molar-refractivity contribution in [2.75, 3.05) is 6.16 Å². The van der Waals surface area contributed by atoms with Gasteiger partial charge in [0.05, 0.1) is 0 Å². The van der Waals surface area contributed by atoms with E-state index < -0.39 is 25.5 Å². The van der Waals surface area contributed by atoms with Crippen molar-refractivity contribution in [2.24, 2.45) is 0 Å². The molecule has 0 fully saturated rings. The molecule has 0 atom stereocenters. The lowest BCUT2D eigenvalue weighted by Crippen LogP contribution is -1.84. The van der Waals surface area contributed by atoms with E-state index in [1.807, 2.05) is 6.92 Å². The third-order valence-electron chi connectivity index (χ3n) is 0.803. The standard InChI is InChI=1S/C4H11O3P.3C2H4O2/c1-2-3-4-8(5,6)7;3*1-2(3)4/h2-4H2,1H3,(H2,5,6,7);3*1H3,(H,3,4). The Labute approximate surface area is 117 Å². The van der Waals surface area contributed by atoms with Crippen LogP contribution in [0.15, 0.2) is 0 Å². The van der Waals surface area contributed by atoms with Crippen LogP contribution < -0.4 is 0 Å². The van der Waals surface area contributed by atoms with Gasteiger partial charge in [0, 0.05) is 26.9 Å². The summed E-state index contributed by atoms with van der Waals surface area (Å²) < 4.78 is 10.1. The van der Waals surface area contributed by atoms with E-state index in [0.717, 1.165) is 27.2 Å². The lowest BCUT2D eigenvalue weighted by Gasteiger charge is -1.98. The Morgan fingerprint density at radius 3 is 1.10 bits per heavy atom. The van der Waals surface area contributed by atoms with E-state index in [2.05, 4.69) is 0 Å². The largest absolute Gasteiger partial charge is 0.481 e. The lowest BCUT2D eigenvalue weighted by molar-refractivity contribution is -0.135. The van der Waals surface area contributed by atoms with Gasteiger partial charge in [-0.1, -0.05) is 13.3 Å². The molecular formula is C10H23O9P. The zero-order valence-corrected chi connectivity index (χ0v) is 12.8. The average Bonchev–Trinajstić information content (AvgIpc) is 2.10. The molecule has 0 saturated carbocycles. The first-order valence-electron chi connectivity index (χ1n) is 5.39. The van der Waals surface area contributed by atoms with Gasteiger partial charge in [-0.15, -0.1) is 0 Å². The molecule has 0 amide bonds. The fourth-order valence-corrected chi connectivity index (χ4v) is 1.09. The zero-order chi connectivity index (χ0) is 17.4. The molecule has 0 spiro atoms. The van der Waals surface area contributed by atoms with Gasteiger partial charge in [0.1, 0.15) is 0 Å². The molecular weight excluding hydrogens is 295 g/mol. The highest BCUT2D eigenvalue weighted by Crippen LogP contribution is 2.34. The molecule has 0 heterocycles. The first kappa shape index (κ1) is 27.0. The molecule has 10 heteroatoms. The maximum absolute atomic E-state index is 10.1. The molecule has 0 aliphatic heterocycles. The third kappa shape index (κ3) is 316. The molecule has 0 saturated heterocycles. The van der Waals surface area contributed by atoms with Gasteiger partial charge in [0.25, 0.3) is 17.9 Å². The molecule has 0 aromatic carbocycles. The van der Waals surface area contributed by atoms with Crippen molar-refractivity contribution in [3.8, 4) is 0 Å². The number of aliphatic carboxylic acids is 3. The molecule has 5 N–H and O–H groups in total. The van der Waals surface area contributed by atoms with Crippen molar-refractivity contribution in [2.45, 2.75) is 40.5 Å². The molecule has 0 aliphatic rings. The Balaban J connectivity index is -0.0000000917. The average molecular weight is 318 g/mol. The Hall–Kier alpha value is -1.44. The molecule has 122 valence electrons. The second-order valence-electron chi connectivity index (χ2n) is 3.30. The highest BCUT2D eigenvalue weighted by molar-refractivity contribution is 7.51. The number of carboxylic acids is 3. The van der Waals surface area contributed by atoms with Gasteiger partial charge >= 0.3 is 7.60 Å². The summed E-state index contributed by atoms with van der Waals surface area (Å²) in [6.07, 6.45) is 1.49. The van der Waals surface area contributed by atoms with Crippen LogP contribution in [0, 0.1) is 0 Å². The molecule has 0 aromatic heterocycles. The summed E-state index contributed by atoms with van der Waals surface area (Å²) in [7, 11) is -3.68. The van der Waals surface area contributed by atoms with E-state index in [9.17, 15) is 4.57 Å². The highest BCUT2D eigenvalue weighted by atomic mass is 31.2. The third-order valence-corrected chi connectivity index (χ3v) is 1.70. The Kier molecular flexibility index (Phi) is 23.7. The first-order chi connectivity index (χ1) is 8.76. The lowest BCUT2D eigenvalue weighted by atomic mass is 10.4. The van der Waals surface area contributed by atoms with Gasteiger partial charge in [-0.3, -0.25) is 18.9 Å². The first-order valence-corrected chi connectivity index (χ1v) is 7.19. The minimum absolute atomic E-state index is 0.0312. The van der Waals surface area contributed by atoms with Crippen LogP contribution in [0.5, 0.6) is 0 Å². The minimum Gasteiger partial charge on any atom is -0.481 e. The van der Waals surface area contributed by atoms with Crippen LogP contribution >= 0.6 is 7.60 Å². The van der Waals surface area contributed by atoms with Crippen molar-refractivity contribution in [3.63, 3.8) is 0 Å². The fraction of sp³-hybridized carbons (Fsp3) is 0.700. The van der Waals surface area contributed by atoms with Gasteiger partial charge < -0.3 is 25.1 Å². The van der Waals surface area contributed by atoms with E-state index in [1.54, 1.807) is 0 Å². The van der Waals surface area contributed by atoms with Gasteiger partial charge in [0.2, 0.25) is 0 Å². The number of carbonyl (C=O) groups is 3. The summed E-state index contributed by atoms with van der Waals surface area (Å²) in [4.78, 5) is 43.5. The maximum atomic E-state index is 10.1. The number of hydrogen-bond acceptors (Lipinski definition) is 4. The van der Waals surface area contributed by atoms with Crippen LogP contribution in [0.4, 0.5) is 0 Å². The molecule has 0 radical (unpaired) electrons. The molecule has 0 unspecified atom stereocenters. The van der Waals surface area contributed by atoms with E-state index >= 15 is 0 Å². The van der Waals surface area contributed by atoms with Crippen LogP contribution in [-0.4, -0.2) is 49.2 Å². The summed E-state index contributed by atoms with van der Waals surface area (Å²) in [5.74, 6) is -2.50. The van der Waals surface area contributed by atoms with Gasteiger partial charge in [-0.2, -0.15) is 0 Å². The summed E-state index contributed by atoms with van der Waals surface area (Å²) >= 11 is 0. The van der Waals surface area contributed by atoms with Crippen LogP contribution in [0.1, 0.15) is 40.5 Å². The highest BCUT2D eigenvalue weighted by Gasteiger charge is 2.09. The second-order valence-corrected chi connectivity index (χ2v) is 5.08. The van der Waals surface area contributed by atoms with E-state index in [-0.39, 0.29) is 6.16 Å². The number of unbranched alkanes of at least 4 members (excludes halogenated alkanes) is 1. The maximum Gasteiger partial charge on any atom is 0.325 e. The SMILES string of the molecule is CC(=O)O.CC(=O)O.CC(=O)O.CCCCP(=O)(O)O. The monoisotopic (exact) mass is 318 g/mol. The van der Waals surface area contributed by atoms with E-state index in [0.29, 0.717) is 6.42 Å². The van der Waals surface area contributed by atoms with Crippen LogP contribution in [0.2, 0.25) is 0 Å². The van der Waals surface area contributed by atoms with Gasteiger partial charge in [0.15, 0.2) is 0 Å². The predicted molar refractivity (Wildman–Crippen MR) is 71.7 cm³/mol. The van der Waals surface area contributed by atoms with Crippen LogP contribution in [-0.2, 0) is 18.9 Å². The van der Waals surface area contributed by atoms with Crippen molar-refractivity contribution in [1.82, 2.24) is 0 Å². The predicted octanol–water partition coefficient (Wildman–Crippen LogP) is 1.24. The van der Waals surface area contributed by atoms with Crippen LogP contribution in [0.3, 0.4) is 0 Å². The Morgan fingerprint density at radius 1 is 0.850 bits per heavy atom. The topological polar surface area (TPSA) is 169 Å². The normalized spacial score (nSPS) is 8.50. The quantitative estimate of drug-likeness (QED) is 0.480. The van der Waals surface area contributed by atoms with Gasteiger partial charge in [-0.05, 0) is 6.42 Å². The molecule has 0 aliphatic carbocycles. The van der Waals surface area contributed by atoms with E-state index in [1.165, 1.54) is 0 Å². The molecule has 20 heavy (non-hydrogen) atoms. The minimum atomic E-state index is -3.68. The summed E-state index contributed by atoms with van der Waals surface area (Å²) in [6.45, 7) is 5.15. The molecule has 9 nitrogen and oxygen atoms in total. The summed E-state index contributed by atoms with van der Waals surface area (Å²) in [6, 6.07) is 0. The van der Waals surface area contributed by atoms with Crippen molar-refractivity contribution in [1.29, 1.82) is 0 Å². The number of hydrogen-bond donors (Lipinski definition) is 5. The van der Waals surface area contributed by atoms with Crippen LogP contribution in [0.25, 0.3) is 0 Å². The second kappa shape index (κ2) is 17.6. The van der Waals surface area contributed by atoms with E-state index in [4.69, 9.17) is 39.5 Å². The number of rotatable bonds is 3. The smallest absolute Gasteiger partial charge is 0.325 e. The summed E-state index contributed by atoms with van der Waals surface area (Å²) in [5, 5.41) is 22.2. The van der Waals surface area contributed by atoms with Crippen molar-refractivity contribution < 1.29 is 44.1 Å². The van der Waals surface area contributed by atoms with Gasteiger partial charge in [-0.25, -0.2) is 0 Å². The summed E-state index contributed by atoms with van der Waals surface area (Å²) in [5.41, 5.74) is 0. The Bertz CT molecular complexity index is 267.